The van der Waals surface area contributed by atoms with Gasteiger partial charge in [-0.1, -0.05) is 30.3 Å². The first kappa shape index (κ1) is 21.3. The minimum Gasteiger partial charge on any atom is -0.397 e. The van der Waals surface area contributed by atoms with Gasteiger partial charge in [0, 0.05) is 18.1 Å². The Morgan fingerprint density at radius 2 is 1.97 bits per heavy atom. The molecule has 30 heavy (non-hydrogen) atoms. The van der Waals surface area contributed by atoms with Gasteiger partial charge >= 0.3 is 0 Å². The highest BCUT2D eigenvalue weighted by Gasteiger charge is 2.19. The summed E-state index contributed by atoms with van der Waals surface area (Å²) in [5.41, 5.74) is 10.5. The largest absolute Gasteiger partial charge is 0.397 e. The Balaban J connectivity index is 1.61. The quantitative estimate of drug-likeness (QED) is 0.434. The number of aliphatic imine (C=N–C) groups is 1. The van der Waals surface area contributed by atoms with Crippen LogP contribution in [0, 0.1) is 13.8 Å². The van der Waals surface area contributed by atoms with Crippen molar-refractivity contribution in [3.63, 3.8) is 0 Å². The summed E-state index contributed by atoms with van der Waals surface area (Å²) in [5.74, 6) is -0.949. The summed E-state index contributed by atoms with van der Waals surface area (Å²) < 4.78 is 12.4. The SMILES string of the molecule is C=C(F)N=C/C=C\Cc1ccc(CNC(=O)c2sc3nnc(C)c(C)c3c2N)cc1. The number of halogens is 1. The molecular weight excluding hydrogens is 401 g/mol. The molecule has 0 aliphatic heterocycles. The standard InChI is InChI=1S/C22H22FN5OS/c1-13-14(2)27-28-22-18(13)19(24)20(30-22)21(29)26-12-17-9-7-16(8-10-17)6-4-5-11-25-15(3)23/h4-5,7-11H,3,6,12,24H2,1-2H3,(H,26,29)/b5-4-,25-11?. The van der Waals surface area contributed by atoms with Gasteiger partial charge in [-0.15, -0.1) is 16.4 Å². The molecule has 3 rings (SSSR count). The topological polar surface area (TPSA) is 93.3 Å². The van der Waals surface area contributed by atoms with Gasteiger partial charge in [0.15, 0.2) is 0 Å². The third-order valence-corrected chi connectivity index (χ3v) is 5.70. The molecule has 0 fully saturated rings. The molecule has 0 aliphatic rings. The van der Waals surface area contributed by atoms with Crippen molar-refractivity contribution in [1.82, 2.24) is 15.5 Å². The van der Waals surface area contributed by atoms with Crippen LogP contribution in [0.3, 0.4) is 0 Å². The number of hydrogen-bond acceptors (Lipinski definition) is 6. The smallest absolute Gasteiger partial charge is 0.263 e. The van der Waals surface area contributed by atoms with E-state index in [0.29, 0.717) is 28.4 Å². The van der Waals surface area contributed by atoms with E-state index >= 15 is 0 Å². The van der Waals surface area contributed by atoms with Crippen LogP contribution in [0.1, 0.15) is 32.1 Å². The first-order chi connectivity index (χ1) is 14.4. The first-order valence-corrected chi connectivity index (χ1v) is 10.1. The number of allylic oxidation sites excluding steroid dienone is 2. The van der Waals surface area contributed by atoms with Gasteiger partial charge in [0.05, 0.1) is 11.4 Å². The lowest BCUT2D eigenvalue weighted by molar-refractivity contribution is 0.0956. The summed E-state index contributed by atoms with van der Waals surface area (Å²) in [6.45, 7) is 7.24. The van der Waals surface area contributed by atoms with E-state index in [0.717, 1.165) is 27.8 Å². The fourth-order valence-corrected chi connectivity index (χ4v) is 3.87. The van der Waals surface area contributed by atoms with E-state index in [1.807, 2.05) is 44.2 Å². The number of nitrogen functional groups attached to an aromatic ring is 1. The van der Waals surface area contributed by atoms with Gasteiger partial charge in [-0.3, -0.25) is 4.79 Å². The number of amides is 1. The van der Waals surface area contributed by atoms with E-state index in [-0.39, 0.29) is 5.91 Å². The highest BCUT2D eigenvalue weighted by atomic mass is 32.1. The Kier molecular flexibility index (Phi) is 6.68. The van der Waals surface area contributed by atoms with E-state index in [2.05, 4.69) is 27.1 Å². The molecule has 1 aromatic carbocycles. The van der Waals surface area contributed by atoms with E-state index in [1.54, 1.807) is 6.08 Å². The van der Waals surface area contributed by atoms with Crippen LogP contribution < -0.4 is 11.1 Å². The molecule has 154 valence electrons. The molecule has 8 heteroatoms. The molecule has 0 saturated heterocycles. The first-order valence-electron chi connectivity index (χ1n) is 9.28. The molecule has 2 aromatic heterocycles. The predicted octanol–water partition coefficient (Wildman–Crippen LogP) is 4.43. The molecule has 0 atom stereocenters. The second kappa shape index (κ2) is 9.41. The Labute approximate surface area is 178 Å². The molecule has 0 saturated carbocycles. The van der Waals surface area contributed by atoms with Crippen LogP contribution in [0.25, 0.3) is 10.2 Å². The zero-order valence-electron chi connectivity index (χ0n) is 16.8. The normalized spacial score (nSPS) is 11.6. The summed E-state index contributed by atoms with van der Waals surface area (Å²) in [5, 5.41) is 12.0. The van der Waals surface area contributed by atoms with Gasteiger partial charge < -0.3 is 11.1 Å². The molecule has 3 aromatic rings. The second-order valence-corrected chi connectivity index (χ2v) is 7.72. The van der Waals surface area contributed by atoms with Crippen molar-refractivity contribution in [1.29, 1.82) is 0 Å². The number of benzene rings is 1. The van der Waals surface area contributed by atoms with Crippen LogP contribution in [0.15, 0.2) is 53.9 Å². The van der Waals surface area contributed by atoms with Gasteiger partial charge in [0.2, 0.25) is 5.95 Å². The summed E-state index contributed by atoms with van der Waals surface area (Å²) in [7, 11) is 0. The van der Waals surface area contributed by atoms with Gasteiger partial charge in [0.25, 0.3) is 5.91 Å². The molecule has 1 amide bonds. The van der Waals surface area contributed by atoms with E-state index < -0.39 is 5.95 Å². The number of rotatable bonds is 7. The average molecular weight is 424 g/mol. The van der Waals surface area contributed by atoms with Crippen LogP contribution in [-0.2, 0) is 13.0 Å². The second-order valence-electron chi connectivity index (χ2n) is 6.72. The lowest BCUT2D eigenvalue weighted by atomic mass is 10.1. The summed E-state index contributed by atoms with van der Waals surface area (Å²) in [6, 6.07) is 7.86. The van der Waals surface area contributed by atoms with Crippen LogP contribution in [0.4, 0.5) is 10.1 Å². The van der Waals surface area contributed by atoms with Crippen LogP contribution >= 0.6 is 11.3 Å². The fourth-order valence-electron chi connectivity index (χ4n) is 2.85. The van der Waals surface area contributed by atoms with Gasteiger partial charge in [-0.2, -0.15) is 9.49 Å². The number of nitrogens with one attached hydrogen (secondary N) is 1. The Hall–Kier alpha value is -3.39. The molecule has 0 aliphatic carbocycles. The van der Waals surface area contributed by atoms with Gasteiger partial charge in [-0.05, 0) is 49.6 Å². The van der Waals surface area contributed by atoms with Crippen molar-refractivity contribution in [3.05, 3.63) is 76.2 Å². The summed E-state index contributed by atoms with van der Waals surface area (Å²) in [4.78, 5) is 17.2. The van der Waals surface area contributed by atoms with Crippen molar-refractivity contribution < 1.29 is 9.18 Å². The lowest BCUT2D eigenvalue weighted by Gasteiger charge is -2.06. The number of aromatic nitrogens is 2. The highest BCUT2D eigenvalue weighted by Crippen LogP contribution is 2.34. The summed E-state index contributed by atoms with van der Waals surface area (Å²) in [6.07, 6.45) is 5.60. The Morgan fingerprint density at radius 3 is 2.67 bits per heavy atom. The maximum Gasteiger partial charge on any atom is 0.263 e. The Bertz CT molecular complexity index is 1150. The number of thiophene rings is 1. The molecule has 0 bridgehead atoms. The minimum absolute atomic E-state index is 0.228. The van der Waals surface area contributed by atoms with Crippen molar-refractivity contribution >= 4 is 39.4 Å². The molecule has 2 heterocycles. The van der Waals surface area contributed by atoms with Crippen LogP contribution in [0.2, 0.25) is 0 Å². The van der Waals surface area contributed by atoms with E-state index in [4.69, 9.17) is 5.73 Å². The van der Waals surface area contributed by atoms with E-state index in [1.165, 1.54) is 17.6 Å². The van der Waals surface area contributed by atoms with Crippen LogP contribution in [-0.4, -0.2) is 22.3 Å². The predicted molar refractivity (Wildman–Crippen MR) is 120 cm³/mol. The number of hydrogen-bond donors (Lipinski definition) is 2. The van der Waals surface area contributed by atoms with Crippen molar-refractivity contribution in [3.8, 4) is 0 Å². The number of anilines is 1. The van der Waals surface area contributed by atoms with Gasteiger partial charge in [0.1, 0.15) is 9.71 Å². The monoisotopic (exact) mass is 423 g/mol. The zero-order valence-corrected chi connectivity index (χ0v) is 17.6. The van der Waals surface area contributed by atoms with Crippen molar-refractivity contribution in [2.45, 2.75) is 26.8 Å². The maximum absolute atomic E-state index is 12.6. The number of aryl methyl sites for hydroxylation is 2. The van der Waals surface area contributed by atoms with Crippen molar-refractivity contribution in [2.75, 3.05) is 5.73 Å². The number of nitrogens with zero attached hydrogens (tertiary/aromatic N) is 3. The lowest BCUT2D eigenvalue weighted by Crippen LogP contribution is -2.22. The molecule has 3 N–H and O–H groups in total. The average Bonchev–Trinajstić information content (AvgIpc) is 3.06. The number of fused-ring (bicyclic) bond motifs is 1. The third kappa shape index (κ3) is 4.96. The maximum atomic E-state index is 12.6. The van der Waals surface area contributed by atoms with E-state index in [9.17, 15) is 9.18 Å². The summed E-state index contributed by atoms with van der Waals surface area (Å²) >= 11 is 1.25. The molecule has 0 radical (unpaired) electrons. The fraction of sp³-hybridized carbons (Fsp3) is 0.182. The van der Waals surface area contributed by atoms with Crippen molar-refractivity contribution in [2.24, 2.45) is 4.99 Å². The third-order valence-electron chi connectivity index (χ3n) is 4.61. The highest BCUT2D eigenvalue weighted by molar-refractivity contribution is 7.21. The molecular formula is C22H22FN5OS. The number of nitrogens with two attached hydrogens (primary N) is 1. The zero-order chi connectivity index (χ0) is 21.7. The molecule has 0 spiro atoms. The minimum atomic E-state index is -0.721. The molecule has 0 unspecified atom stereocenters. The Morgan fingerprint density at radius 1 is 1.27 bits per heavy atom. The number of carbonyl (C=O) groups excluding carboxylic acids is 1. The molecule has 6 nitrogen and oxygen atoms in total. The van der Waals surface area contributed by atoms with Crippen LogP contribution in [0.5, 0.6) is 0 Å². The number of carbonyl (C=O) groups is 1. The van der Waals surface area contributed by atoms with Gasteiger partial charge in [-0.25, -0.2) is 4.99 Å².